The molecule has 4 heterocycles. The Balaban J connectivity index is 1.24. The zero-order valence-electron chi connectivity index (χ0n) is 16.5. The van der Waals surface area contributed by atoms with Crippen LogP contribution in [0.15, 0.2) is 54.7 Å². The topological polar surface area (TPSA) is 79.8 Å². The van der Waals surface area contributed by atoms with Crippen LogP contribution in [0.5, 0.6) is 0 Å². The van der Waals surface area contributed by atoms with Crippen molar-refractivity contribution in [1.29, 1.82) is 0 Å². The second-order valence-corrected chi connectivity index (χ2v) is 8.51. The van der Waals surface area contributed by atoms with Crippen molar-refractivity contribution in [2.45, 2.75) is 6.54 Å². The lowest BCUT2D eigenvalue weighted by molar-refractivity contribution is -0.391. The molecule has 0 unspecified atom stereocenters. The summed E-state index contributed by atoms with van der Waals surface area (Å²) in [6.45, 7) is 4.04. The molecule has 5 rings (SSSR count). The minimum atomic E-state index is -0.481. The van der Waals surface area contributed by atoms with Crippen LogP contribution < -0.4 is 4.90 Å². The molecule has 1 saturated heterocycles. The fourth-order valence-electron chi connectivity index (χ4n) is 3.77. The van der Waals surface area contributed by atoms with E-state index in [2.05, 4.69) is 25.9 Å². The maximum Gasteiger partial charge on any atom is 0.368 e. The van der Waals surface area contributed by atoms with Crippen LogP contribution in [-0.2, 0) is 6.54 Å². The zero-order chi connectivity index (χ0) is 21.4. The molecule has 0 atom stereocenters. The van der Waals surface area contributed by atoms with Crippen LogP contribution in [-0.4, -0.2) is 50.6 Å². The summed E-state index contributed by atoms with van der Waals surface area (Å²) in [5, 5.41) is 15.6. The molecule has 158 valence electrons. The predicted octanol–water partition coefficient (Wildman–Crippen LogP) is 3.83. The van der Waals surface area contributed by atoms with Crippen LogP contribution in [0, 0.1) is 15.9 Å². The van der Waals surface area contributed by atoms with Gasteiger partial charge in [-0.15, -0.1) is 11.3 Å². The summed E-state index contributed by atoms with van der Waals surface area (Å²) in [5.74, 6) is 0.358. The number of halogens is 1. The van der Waals surface area contributed by atoms with E-state index in [0.717, 1.165) is 37.6 Å². The lowest BCUT2D eigenvalue weighted by atomic mass is 10.2. The molecule has 1 aromatic carbocycles. The summed E-state index contributed by atoms with van der Waals surface area (Å²) >= 11 is 1.62. The van der Waals surface area contributed by atoms with Gasteiger partial charge in [-0.1, -0.05) is 27.8 Å². The molecule has 0 radical (unpaired) electrons. The van der Waals surface area contributed by atoms with Crippen LogP contribution in [0.2, 0.25) is 0 Å². The van der Waals surface area contributed by atoms with Crippen molar-refractivity contribution in [3.05, 3.63) is 75.5 Å². The fourth-order valence-corrected chi connectivity index (χ4v) is 4.85. The van der Waals surface area contributed by atoms with Gasteiger partial charge in [0.2, 0.25) is 5.65 Å². The SMILES string of the molecule is O=[N+]([O-])c1cnc2ccc(N3CCN(Cc4ccc(-c5ccccc5F)s4)CC3)nn12. The van der Waals surface area contributed by atoms with Gasteiger partial charge >= 0.3 is 5.82 Å². The molecular weight excluding hydrogens is 419 g/mol. The number of benzene rings is 1. The number of hydrogen-bond acceptors (Lipinski definition) is 7. The summed E-state index contributed by atoms with van der Waals surface area (Å²) in [6, 6.07) is 14.5. The van der Waals surface area contributed by atoms with Crippen LogP contribution >= 0.6 is 11.3 Å². The van der Waals surface area contributed by atoms with Crippen molar-refractivity contribution in [2.75, 3.05) is 31.1 Å². The highest BCUT2D eigenvalue weighted by Crippen LogP contribution is 2.31. The van der Waals surface area contributed by atoms with Crippen molar-refractivity contribution in [3.63, 3.8) is 0 Å². The molecule has 10 heteroatoms. The van der Waals surface area contributed by atoms with Crippen molar-refractivity contribution >= 4 is 28.6 Å². The summed E-state index contributed by atoms with van der Waals surface area (Å²) in [5.41, 5.74) is 1.09. The minimum absolute atomic E-state index is 0.140. The van der Waals surface area contributed by atoms with Crippen LogP contribution in [0.4, 0.5) is 16.0 Å². The predicted molar refractivity (Wildman–Crippen MR) is 117 cm³/mol. The maximum atomic E-state index is 14.0. The Hall–Kier alpha value is -3.37. The van der Waals surface area contributed by atoms with Crippen molar-refractivity contribution in [3.8, 4) is 10.4 Å². The fraction of sp³-hybridized carbons (Fsp3) is 0.238. The number of hydrogen-bond donors (Lipinski definition) is 0. The molecule has 8 nitrogen and oxygen atoms in total. The van der Waals surface area contributed by atoms with E-state index in [1.165, 1.54) is 21.7 Å². The van der Waals surface area contributed by atoms with Crippen molar-refractivity contribution in [1.82, 2.24) is 19.5 Å². The number of piperazine rings is 1. The third kappa shape index (κ3) is 3.87. The lowest BCUT2D eigenvalue weighted by Crippen LogP contribution is -2.46. The smallest absolute Gasteiger partial charge is 0.358 e. The molecule has 0 spiro atoms. The number of fused-ring (bicyclic) bond motifs is 1. The second-order valence-electron chi connectivity index (χ2n) is 7.34. The Morgan fingerprint density at radius 2 is 1.87 bits per heavy atom. The number of anilines is 1. The number of thiophene rings is 1. The number of nitrogens with zero attached hydrogens (tertiary/aromatic N) is 6. The Labute approximate surface area is 181 Å². The van der Waals surface area contributed by atoms with E-state index >= 15 is 0 Å². The lowest BCUT2D eigenvalue weighted by Gasteiger charge is -2.34. The van der Waals surface area contributed by atoms with Gasteiger partial charge in [-0.25, -0.2) is 9.37 Å². The van der Waals surface area contributed by atoms with E-state index in [-0.39, 0.29) is 11.6 Å². The second kappa shape index (κ2) is 8.05. The van der Waals surface area contributed by atoms with E-state index < -0.39 is 4.92 Å². The van der Waals surface area contributed by atoms with Gasteiger partial charge in [-0.2, -0.15) is 0 Å². The van der Waals surface area contributed by atoms with Crippen molar-refractivity contribution in [2.24, 2.45) is 0 Å². The normalized spacial score (nSPS) is 14.9. The van der Waals surface area contributed by atoms with Gasteiger partial charge in [0.25, 0.3) is 0 Å². The van der Waals surface area contributed by atoms with Crippen LogP contribution in [0.1, 0.15) is 4.88 Å². The molecule has 0 saturated carbocycles. The Morgan fingerprint density at radius 1 is 1.06 bits per heavy atom. The van der Waals surface area contributed by atoms with Gasteiger partial charge < -0.3 is 15.0 Å². The highest BCUT2D eigenvalue weighted by atomic mass is 32.1. The van der Waals surface area contributed by atoms with E-state index in [1.54, 1.807) is 29.5 Å². The average Bonchev–Trinajstić information content (AvgIpc) is 3.41. The van der Waals surface area contributed by atoms with Gasteiger partial charge in [-0.05, 0) is 29.2 Å². The monoisotopic (exact) mass is 438 g/mol. The largest absolute Gasteiger partial charge is 0.368 e. The van der Waals surface area contributed by atoms with Crippen molar-refractivity contribution < 1.29 is 9.31 Å². The maximum absolute atomic E-state index is 14.0. The first-order valence-corrected chi connectivity index (χ1v) is 10.7. The molecular formula is C21H19FN6O2S. The highest BCUT2D eigenvalue weighted by Gasteiger charge is 2.22. The average molecular weight is 438 g/mol. The summed E-state index contributed by atoms with van der Waals surface area (Å²) < 4.78 is 15.3. The third-order valence-electron chi connectivity index (χ3n) is 5.39. The number of imidazole rings is 1. The minimum Gasteiger partial charge on any atom is -0.358 e. The first-order valence-electron chi connectivity index (χ1n) is 9.88. The Bertz CT molecular complexity index is 1250. The van der Waals surface area contributed by atoms with Gasteiger partial charge in [0.05, 0.1) is 0 Å². The summed E-state index contributed by atoms with van der Waals surface area (Å²) in [4.78, 5) is 21.3. The number of aromatic nitrogens is 3. The zero-order valence-corrected chi connectivity index (χ0v) is 17.3. The molecule has 1 fully saturated rings. The molecule has 0 N–H and O–H groups in total. The Morgan fingerprint density at radius 3 is 2.65 bits per heavy atom. The highest BCUT2D eigenvalue weighted by molar-refractivity contribution is 7.15. The van der Waals surface area contributed by atoms with E-state index in [0.29, 0.717) is 17.0 Å². The molecule has 0 bridgehead atoms. The summed E-state index contributed by atoms with van der Waals surface area (Å²) in [6.07, 6.45) is 1.22. The van der Waals surface area contributed by atoms with Gasteiger partial charge in [0.15, 0.2) is 5.82 Å². The van der Waals surface area contributed by atoms with E-state index in [1.807, 2.05) is 18.2 Å². The molecule has 4 aromatic rings. The van der Waals surface area contributed by atoms with Crippen LogP contribution in [0.25, 0.3) is 16.1 Å². The first-order chi connectivity index (χ1) is 15.1. The molecule has 0 aliphatic carbocycles. The molecule has 3 aromatic heterocycles. The molecule has 0 amide bonds. The Kier molecular flexibility index (Phi) is 5.08. The standard InChI is InChI=1S/C21H19FN6O2S/c22-17-4-2-1-3-16(17)18-6-5-15(31-18)14-25-9-11-26(12-10-25)20-8-7-19-23-13-21(28(29)30)27(19)24-20/h1-8,13H,9-12,14H2. The quantitative estimate of drug-likeness (QED) is 0.348. The molecule has 1 aliphatic rings. The number of nitro groups is 1. The molecule has 31 heavy (non-hydrogen) atoms. The third-order valence-corrected chi connectivity index (χ3v) is 6.50. The van der Waals surface area contributed by atoms with E-state index in [4.69, 9.17) is 0 Å². The summed E-state index contributed by atoms with van der Waals surface area (Å²) in [7, 11) is 0. The number of rotatable bonds is 5. The van der Waals surface area contributed by atoms with E-state index in [9.17, 15) is 14.5 Å². The van der Waals surface area contributed by atoms with Gasteiger partial charge in [0, 0.05) is 54.1 Å². The first kappa shape index (κ1) is 19.6. The van der Waals surface area contributed by atoms with Crippen LogP contribution in [0.3, 0.4) is 0 Å². The van der Waals surface area contributed by atoms with Gasteiger partial charge in [0.1, 0.15) is 12.0 Å². The molecule has 1 aliphatic heterocycles. The van der Waals surface area contributed by atoms with Gasteiger partial charge in [-0.3, -0.25) is 4.90 Å².